The van der Waals surface area contributed by atoms with Crippen molar-refractivity contribution in [1.29, 1.82) is 0 Å². The Labute approximate surface area is 164 Å². The summed E-state index contributed by atoms with van der Waals surface area (Å²) >= 11 is 5.97. The van der Waals surface area contributed by atoms with Gasteiger partial charge in [0.1, 0.15) is 0 Å². The standard InChI is InChI=1S/C19H16ClF3N4O/c1-11(13-4-3-5-15(20)8-13)26-18(28)16-10-25-27(12(16)2)17-7-6-14(9-24-17)19(21,22)23/h3-11H,1-2H3,(H,26,28). The quantitative estimate of drug-likeness (QED) is 0.678. The number of aromatic nitrogens is 3. The van der Waals surface area contributed by atoms with E-state index in [-0.39, 0.29) is 17.8 Å². The number of hydrogen-bond acceptors (Lipinski definition) is 3. The molecule has 1 amide bonds. The molecule has 2 heterocycles. The molecule has 0 saturated carbocycles. The van der Waals surface area contributed by atoms with E-state index in [0.29, 0.717) is 16.3 Å². The van der Waals surface area contributed by atoms with Crippen LogP contribution in [-0.2, 0) is 6.18 Å². The molecule has 1 unspecified atom stereocenters. The number of nitrogens with one attached hydrogen (secondary N) is 1. The summed E-state index contributed by atoms with van der Waals surface area (Å²) in [5.74, 6) is -0.171. The van der Waals surface area contributed by atoms with Gasteiger partial charge in [0, 0.05) is 11.2 Å². The van der Waals surface area contributed by atoms with E-state index in [4.69, 9.17) is 11.6 Å². The highest BCUT2D eigenvalue weighted by atomic mass is 35.5. The number of amides is 1. The molecule has 5 nitrogen and oxygen atoms in total. The third-order valence-electron chi connectivity index (χ3n) is 4.24. The molecule has 28 heavy (non-hydrogen) atoms. The minimum absolute atomic E-state index is 0.187. The molecule has 0 aliphatic carbocycles. The fourth-order valence-corrected chi connectivity index (χ4v) is 2.87. The Balaban J connectivity index is 1.79. The topological polar surface area (TPSA) is 59.8 Å². The van der Waals surface area contributed by atoms with Crippen LogP contribution in [0.5, 0.6) is 0 Å². The molecule has 1 aromatic carbocycles. The lowest BCUT2D eigenvalue weighted by atomic mass is 10.1. The summed E-state index contributed by atoms with van der Waals surface area (Å²) < 4.78 is 39.3. The molecule has 0 radical (unpaired) electrons. The van der Waals surface area contributed by atoms with Gasteiger partial charge in [0.25, 0.3) is 5.91 Å². The van der Waals surface area contributed by atoms with Crippen LogP contribution in [0, 0.1) is 6.92 Å². The summed E-state index contributed by atoms with van der Waals surface area (Å²) in [6.07, 6.45) is -2.38. The Morgan fingerprint density at radius 1 is 1.21 bits per heavy atom. The molecule has 1 atom stereocenters. The van der Waals surface area contributed by atoms with E-state index in [1.807, 2.05) is 13.0 Å². The Morgan fingerprint density at radius 3 is 2.57 bits per heavy atom. The second-order valence-corrected chi connectivity index (χ2v) is 6.64. The Morgan fingerprint density at radius 2 is 1.96 bits per heavy atom. The zero-order chi connectivity index (χ0) is 20.5. The van der Waals surface area contributed by atoms with Crippen LogP contribution in [0.1, 0.15) is 40.1 Å². The summed E-state index contributed by atoms with van der Waals surface area (Å²) in [7, 11) is 0. The minimum atomic E-state index is -4.47. The van der Waals surface area contributed by atoms with Gasteiger partial charge in [-0.15, -0.1) is 0 Å². The van der Waals surface area contributed by atoms with Gasteiger partial charge in [-0.2, -0.15) is 18.3 Å². The second-order valence-electron chi connectivity index (χ2n) is 6.21. The molecule has 3 rings (SSSR count). The van der Waals surface area contributed by atoms with Crippen LogP contribution in [0.3, 0.4) is 0 Å². The molecule has 0 spiro atoms. The molecular formula is C19H16ClF3N4O. The predicted molar refractivity (Wildman–Crippen MR) is 98.4 cm³/mol. The zero-order valence-corrected chi connectivity index (χ0v) is 15.7. The smallest absolute Gasteiger partial charge is 0.345 e. The van der Waals surface area contributed by atoms with Gasteiger partial charge in [-0.1, -0.05) is 23.7 Å². The highest BCUT2D eigenvalue weighted by Crippen LogP contribution is 2.29. The fourth-order valence-electron chi connectivity index (χ4n) is 2.68. The average Bonchev–Trinajstić information content (AvgIpc) is 3.02. The number of nitrogens with zero attached hydrogens (tertiary/aromatic N) is 3. The first-order valence-corrected chi connectivity index (χ1v) is 8.69. The molecule has 1 N–H and O–H groups in total. The maximum absolute atomic E-state index is 12.7. The minimum Gasteiger partial charge on any atom is -0.345 e. The second kappa shape index (κ2) is 7.63. The fraction of sp³-hybridized carbons (Fsp3) is 0.211. The number of hydrogen-bond donors (Lipinski definition) is 1. The van der Waals surface area contributed by atoms with Crippen molar-refractivity contribution in [2.45, 2.75) is 26.1 Å². The lowest BCUT2D eigenvalue weighted by Gasteiger charge is -2.14. The number of carbonyl (C=O) groups is 1. The zero-order valence-electron chi connectivity index (χ0n) is 15.0. The predicted octanol–water partition coefficient (Wildman–Crippen LogP) is 4.74. The molecule has 0 saturated heterocycles. The number of benzene rings is 1. The first kappa shape index (κ1) is 19.9. The van der Waals surface area contributed by atoms with Crippen molar-refractivity contribution >= 4 is 17.5 Å². The van der Waals surface area contributed by atoms with Gasteiger partial charge < -0.3 is 5.32 Å². The highest BCUT2D eigenvalue weighted by molar-refractivity contribution is 6.30. The lowest BCUT2D eigenvalue weighted by Crippen LogP contribution is -2.27. The van der Waals surface area contributed by atoms with Crippen molar-refractivity contribution in [1.82, 2.24) is 20.1 Å². The Bertz CT molecular complexity index is 999. The van der Waals surface area contributed by atoms with E-state index < -0.39 is 11.7 Å². The van der Waals surface area contributed by atoms with E-state index in [2.05, 4.69) is 15.4 Å². The Kier molecular flexibility index (Phi) is 5.42. The maximum atomic E-state index is 12.7. The van der Waals surface area contributed by atoms with E-state index >= 15 is 0 Å². The first-order valence-electron chi connectivity index (χ1n) is 8.31. The van der Waals surface area contributed by atoms with Crippen LogP contribution in [0.25, 0.3) is 5.82 Å². The SMILES string of the molecule is Cc1c(C(=O)NC(C)c2cccc(Cl)c2)cnn1-c1ccc(C(F)(F)F)cn1. The normalized spacial score (nSPS) is 12.6. The summed E-state index contributed by atoms with van der Waals surface area (Å²) in [5, 5.41) is 7.50. The van der Waals surface area contributed by atoms with E-state index in [1.54, 1.807) is 25.1 Å². The molecule has 0 aliphatic rings. The molecule has 3 aromatic rings. The number of alkyl halides is 3. The van der Waals surface area contributed by atoms with Gasteiger partial charge in [-0.3, -0.25) is 4.79 Å². The molecule has 146 valence electrons. The lowest BCUT2D eigenvalue weighted by molar-refractivity contribution is -0.137. The summed E-state index contributed by atoms with van der Waals surface area (Å²) in [4.78, 5) is 16.4. The van der Waals surface area contributed by atoms with Crippen LogP contribution in [0.15, 0.2) is 48.8 Å². The maximum Gasteiger partial charge on any atom is 0.417 e. The van der Waals surface area contributed by atoms with Crippen LogP contribution < -0.4 is 5.32 Å². The molecular weight excluding hydrogens is 393 g/mol. The van der Waals surface area contributed by atoms with E-state index in [1.165, 1.54) is 16.9 Å². The third kappa shape index (κ3) is 4.17. The van der Waals surface area contributed by atoms with Crippen LogP contribution in [0.4, 0.5) is 13.2 Å². The van der Waals surface area contributed by atoms with Gasteiger partial charge >= 0.3 is 6.18 Å². The molecule has 2 aromatic heterocycles. The van der Waals surface area contributed by atoms with Gasteiger partial charge in [0.2, 0.25) is 0 Å². The van der Waals surface area contributed by atoms with Crippen LogP contribution in [0.2, 0.25) is 5.02 Å². The molecule has 0 bridgehead atoms. The van der Waals surface area contributed by atoms with Crippen molar-refractivity contribution in [2.24, 2.45) is 0 Å². The van der Waals surface area contributed by atoms with Crippen molar-refractivity contribution in [3.63, 3.8) is 0 Å². The number of halogens is 4. The Hall–Kier alpha value is -2.87. The van der Waals surface area contributed by atoms with Gasteiger partial charge in [0.15, 0.2) is 5.82 Å². The van der Waals surface area contributed by atoms with Gasteiger partial charge in [-0.05, 0) is 43.7 Å². The van der Waals surface area contributed by atoms with Crippen molar-refractivity contribution in [3.05, 3.63) is 76.2 Å². The van der Waals surface area contributed by atoms with Gasteiger partial charge in [-0.25, -0.2) is 9.67 Å². The molecule has 9 heteroatoms. The van der Waals surface area contributed by atoms with Gasteiger partial charge in [0.05, 0.1) is 29.1 Å². The van der Waals surface area contributed by atoms with Crippen LogP contribution in [-0.4, -0.2) is 20.7 Å². The third-order valence-corrected chi connectivity index (χ3v) is 4.48. The van der Waals surface area contributed by atoms with Crippen molar-refractivity contribution in [3.8, 4) is 5.82 Å². The van der Waals surface area contributed by atoms with E-state index in [9.17, 15) is 18.0 Å². The number of pyridine rings is 1. The number of carbonyl (C=O) groups excluding carboxylic acids is 1. The average molecular weight is 409 g/mol. The summed E-state index contributed by atoms with van der Waals surface area (Å²) in [5.41, 5.74) is 0.753. The highest BCUT2D eigenvalue weighted by Gasteiger charge is 2.30. The van der Waals surface area contributed by atoms with Crippen molar-refractivity contribution in [2.75, 3.05) is 0 Å². The van der Waals surface area contributed by atoms with E-state index in [0.717, 1.165) is 17.8 Å². The summed E-state index contributed by atoms with van der Waals surface area (Å²) in [6.45, 7) is 3.46. The number of rotatable bonds is 4. The monoisotopic (exact) mass is 408 g/mol. The van der Waals surface area contributed by atoms with Crippen LogP contribution >= 0.6 is 11.6 Å². The molecule has 0 aliphatic heterocycles. The first-order chi connectivity index (χ1) is 13.2. The summed E-state index contributed by atoms with van der Waals surface area (Å²) in [6, 6.07) is 8.97. The van der Waals surface area contributed by atoms with Crippen molar-refractivity contribution < 1.29 is 18.0 Å². The largest absolute Gasteiger partial charge is 0.417 e. The molecule has 0 fully saturated rings.